The van der Waals surface area contributed by atoms with Crippen LogP contribution in [0.4, 0.5) is 0 Å². The Morgan fingerprint density at radius 3 is 2.50 bits per heavy atom. The minimum atomic E-state index is -3.81. The molecule has 0 saturated heterocycles. The second-order valence-electron chi connectivity index (χ2n) is 5.76. The van der Waals surface area contributed by atoms with Crippen LogP contribution in [0.2, 0.25) is 0 Å². The molecule has 24 heavy (non-hydrogen) atoms. The number of carbonyl (C=O) groups is 1. The van der Waals surface area contributed by atoms with Crippen molar-refractivity contribution in [3.63, 3.8) is 0 Å². The molecule has 2 atom stereocenters. The van der Waals surface area contributed by atoms with Gasteiger partial charge in [0, 0.05) is 11.4 Å². The highest BCUT2D eigenvalue weighted by atomic mass is 32.2. The van der Waals surface area contributed by atoms with Crippen LogP contribution in [0, 0.1) is 5.92 Å². The fourth-order valence-corrected chi connectivity index (χ4v) is 4.28. The van der Waals surface area contributed by atoms with Crippen molar-refractivity contribution in [1.82, 2.24) is 10.2 Å². The Morgan fingerprint density at radius 2 is 1.83 bits per heavy atom. The molecule has 0 aliphatic rings. The Kier molecular flexibility index (Phi) is 5.93. The Balaban J connectivity index is 2.39. The number of hydroxylamine groups is 1. The molecule has 0 saturated carbocycles. The molecule has 3 N–H and O–H groups in total. The first-order chi connectivity index (χ1) is 11.4. The van der Waals surface area contributed by atoms with Crippen molar-refractivity contribution in [2.75, 3.05) is 0 Å². The van der Waals surface area contributed by atoms with Gasteiger partial charge >= 0.3 is 0 Å². The lowest BCUT2D eigenvalue weighted by Crippen LogP contribution is -2.45. The molecular formula is C17H22N2O4S. The van der Waals surface area contributed by atoms with Crippen molar-refractivity contribution < 1.29 is 18.4 Å². The van der Waals surface area contributed by atoms with Gasteiger partial charge in [0.2, 0.25) is 15.9 Å². The van der Waals surface area contributed by atoms with Gasteiger partial charge in [-0.1, -0.05) is 56.7 Å². The van der Waals surface area contributed by atoms with Gasteiger partial charge in [0.15, 0.2) is 0 Å². The Bertz CT molecular complexity index is 815. The van der Waals surface area contributed by atoms with Crippen LogP contribution < -0.4 is 10.2 Å². The first-order valence-corrected chi connectivity index (χ1v) is 9.33. The molecule has 2 aromatic carbocycles. The maximum absolute atomic E-state index is 12.8. The first-order valence-electron chi connectivity index (χ1n) is 7.84. The van der Waals surface area contributed by atoms with Gasteiger partial charge < -0.3 is 0 Å². The molecule has 0 bridgehead atoms. The van der Waals surface area contributed by atoms with Crippen LogP contribution >= 0.6 is 0 Å². The maximum atomic E-state index is 12.8. The third-order valence-electron chi connectivity index (χ3n) is 4.07. The summed E-state index contributed by atoms with van der Waals surface area (Å²) in [5.74, 6) is -1.31. The first kappa shape index (κ1) is 18.4. The van der Waals surface area contributed by atoms with Crippen LogP contribution in [0.3, 0.4) is 0 Å². The van der Waals surface area contributed by atoms with Crippen molar-refractivity contribution >= 4 is 26.7 Å². The molecule has 2 aromatic rings. The predicted octanol–water partition coefficient (Wildman–Crippen LogP) is 2.43. The van der Waals surface area contributed by atoms with E-state index in [1.807, 2.05) is 25.1 Å². The lowest BCUT2D eigenvalue weighted by Gasteiger charge is -2.23. The van der Waals surface area contributed by atoms with E-state index >= 15 is 0 Å². The molecular weight excluding hydrogens is 328 g/mol. The largest absolute Gasteiger partial charge is 0.289 e. The van der Waals surface area contributed by atoms with Crippen molar-refractivity contribution in [3.8, 4) is 0 Å². The number of nitrogens with one attached hydrogen (secondary N) is 2. The second kappa shape index (κ2) is 7.74. The summed E-state index contributed by atoms with van der Waals surface area (Å²) in [6.07, 6.45) is 1.18. The number of hydrogen-bond acceptors (Lipinski definition) is 4. The predicted molar refractivity (Wildman–Crippen MR) is 92.1 cm³/mol. The summed E-state index contributed by atoms with van der Waals surface area (Å²) >= 11 is 0. The highest BCUT2D eigenvalue weighted by molar-refractivity contribution is 7.89. The Hall–Kier alpha value is -1.96. The number of fused-ring (bicyclic) bond motifs is 1. The quantitative estimate of drug-likeness (QED) is 0.528. The molecule has 2 rings (SSSR count). The van der Waals surface area contributed by atoms with Crippen molar-refractivity contribution in [2.45, 2.75) is 37.6 Å². The molecule has 1 amide bonds. The van der Waals surface area contributed by atoms with E-state index in [9.17, 15) is 13.2 Å². The average Bonchev–Trinajstić information content (AvgIpc) is 2.59. The van der Waals surface area contributed by atoms with E-state index < -0.39 is 27.9 Å². The van der Waals surface area contributed by atoms with E-state index in [0.717, 1.165) is 5.39 Å². The van der Waals surface area contributed by atoms with Crippen LogP contribution in [0.25, 0.3) is 10.8 Å². The van der Waals surface area contributed by atoms with E-state index in [2.05, 4.69) is 4.72 Å². The molecule has 0 aliphatic carbocycles. The Labute approximate surface area is 141 Å². The zero-order valence-corrected chi connectivity index (χ0v) is 14.5. The number of hydrogen-bond donors (Lipinski definition) is 3. The molecule has 0 aromatic heterocycles. The highest BCUT2D eigenvalue weighted by Gasteiger charge is 2.28. The zero-order valence-electron chi connectivity index (χ0n) is 13.7. The zero-order chi connectivity index (χ0) is 17.7. The number of carbonyl (C=O) groups excluding carboxylic acids is 1. The summed E-state index contributed by atoms with van der Waals surface area (Å²) in [6, 6.07) is 11.7. The topological polar surface area (TPSA) is 95.5 Å². The van der Waals surface area contributed by atoms with E-state index in [-0.39, 0.29) is 4.90 Å². The highest BCUT2D eigenvalue weighted by Crippen LogP contribution is 2.24. The minimum Gasteiger partial charge on any atom is -0.289 e. The van der Waals surface area contributed by atoms with Gasteiger partial charge in [0.05, 0.1) is 10.8 Å². The fraction of sp³-hybridized carbons (Fsp3) is 0.353. The molecule has 0 spiro atoms. The third-order valence-corrected chi connectivity index (χ3v) is 5.62. The lowest BCUT2D eigenvalue weighted by molar-refractivity contribution is -0.133. The van der Waals surface area contributed by atoms with Gasteiger partial charge in [0.25, 0.3) is 0 Å². The molecule has 0 aliphatic heterocycles. The number of benzene rings is 2. The van der Waals surface area contributed by atoms with E-state index in [1.165, 1.54) is 0 Å². The summed E-state index contributed by atoms with van der Waals surface area (Å²) in [4.78, 5) is 11.8. The van der Waals surface area contributed by atoms with Gasteiger partial charge in [-0.2, -0.15) is 0 Å². The van der Waals surface area contributed by atoms with Crippen LogP contribution in [0.5, 0.6) is 0 Å². The standard InChI is InChI=1S/C17H22N2O4S/c1-3-7-15(12(2)17(20)18-21)19-24(22,23)16-11-6-9-13-8-4-5-10-14(13)16/h4-6,8-12,15,19,21H,3,7H2,1-2H3,(H,18,20). The van der Waals surface area contributed by atoms with Crippen LogP contribution in [-0.4, -0.2) is 25.6 Å². The van der Waals surface area contributed by atoms with Crippen molar-refractivity contribution in [2.24, 2.45) is 5.92 Å². The van der Waals surface area contributed by atoms with Gasteiger partial charge in [0.1, 0.15) is 0 Å². The van der Waals surface area contributed by atoms with Crippen LogP contribution in [0.15, 0.2) is 47.4 Å². The maximum Gasteiger partial charge on any atom is 0.247 e. The molecule has 2 unspecified atom stereocenters. The summed E-state index contributed by atoms with van der Waals surface area (Å²) in [5.41, 5.74) is 1.59. The normalized spacial score (nSPS) is 14.3. The molecule has 6 nitrogen and oxygen atoms in total. The lowest BCUT2D eigenvalue weighted by atomic mass is 9.98. The molecule has 7 heteroatoms. The number of rotatable bonds is 7. The summed E-state index contributed by atoms with van der Waals surface area (Å²) < 4.78 is 28.3. The number of amides is 1. The summed E-state index contributed by atoms with van der Waals surface area (Å²) in [5, 5.41) is 10.3. The van der Waals surface area contributed by atoms with Gasteiger partial charge in [-0.05, 0) is 17.9 Å². The van der Waals surface area contributed by atoms with Crippen LogP contribution in [-0.2, 0) is 14.8 Å². The SMILES string of the molecule is CCCC(NS(=O)(=O)c1cccc2ccccc12)C(C)C(=O)NO. The van der Waals surface area contributed by atoms with Crippen molar-refractivity contribution in [1.29, 1.82) is 0 Å². The molecule has 0 fully saturated rings. The van der Waals surface area contributed by atoms with E-state index in [0.29, 0.717) is 18.2 Å². The monoisotopic (exact) mass is 350 g/mol. The minimum absolute atomic E-state index is 0.179. The van der Waals surface area contributed by atoms with Crippen LogP contribution in [0.1, 0.15) is 26.7 Å². The smallest absolute Gasteiger partial charge is 0.247 e. The van der Waals surface area contributed by atoms with Gasteiger partial charge in [-0.3, -0.25) is 10.0 Å². The Morgan fingerprint density at radius 1 is 1.17 bits per heavy atom. The van der Waals surface area contributed by atoms with E-state index in [4.69, 9.17) is 5.21 Å². The summed E-state index contributed by atoms with van der Waals surface area (Å²) in [6.45, 7) is 3.49. The average molecular weight is 350 g/mol. The van der Waals surface area contributed by atoms with Crippen molar-refractivity contribution in [3.05, 3.63) is 42.5 Å². The van der Waals surface area contributed by atoms with Gasteiger partial charge in [-0.25, -0.2) is 18.6 Å². The molecule has 0 heterocycles. The summed E-state index contributed by atoms with van der Waals surface area (Å²) in [7, 11) is -3.81. The third kappa shape index (κ3) is 3.92. The second-order valence-corrected chi connectivity index (χ2v) is 7.44. The van der Waals surface area contributed by atoms with E-state index in [1.54, 1.807) is 36.7 Å². The molecule has 0 radical (unpaired) electrons. The van der Waals surface area contributed by atoms with Gasteiger partial charge in [-0.15, -0.1) is 0 Å². The fourth-order valence-electron chi connectivity index (χ4n) is 2.70. The number of sulfonamides is 1. The molecule has 130 valence electrons.